The van der Waals surface area contributed by atoms with E-state index in [1.807, 2.05) is 31.2 Å². The van der Waals surface area contributed by atoms with Gasteiger partial charge in [-0.25, -0.2) is 0 Å². The molecule has 1 aromatic carbocycles. The lowest BCUT2D eigenvalue weighted by atomic mass is 9.48. The largest absolute Gasteiger partial charge is 0.494 e. The summed E-state index contributed by atoms with van der Waals surface area (Å²) in [5.74, 6) is 2.66. The van der Waals surface area contributed by atoms with Crippen LogP contribution in [0.25, 0.3) is 0 Å². The van der Waals surface area contributed by atoms with E-state index in [0.29, 0.717) is 17.4 Å². The van der Waals surface area contributed by atoms with Crippen molar-refractivity contribution in [1.29, 1.82) is 0 Å². The summed E-state index contributed by atoms with van der Waals surface area (Å²) < 4.78 is 5.77. The number of hydrogen-bond acceptors (Lipinski definition) is 2. The molecule has 1 N–H and O–H groups in total. The topological polar surface area (TPSA) is 38.3 Å². The quantitative estimate of drug-likeness (QED) is 0.704. The Balaban J connectivity index is 1.41. The molecule has 0 heterocycles. The van der Waals surface area contributed by atoms with E-state index in [0.717, 1.165) is 23.3 Å². The number of amides is 1. The summed E-state index contributed by atoms with van der Waals surface area (Å²) in [6, 6.07) is 7.68. The number of carbonyl (C=O) groups is 1. The van der Waals surface area contributed by atoms with Crippen molar-refractivity contribution in [2.45, 2.75) is 56.2 Å². The van der Waals surface area contributed by atoms with Crippen molar-refractivity contribution < 1.29 is 9.53 Å². The van der Waals surface area contributed by atoms with Gasteiger partial charge in [0.1, 0.15) is 5.75 Å². The molecule has 24 heavy (non-hydrogen) atoms. The molecule has 0 aliphatic heterocycles. The number of halogens is 1. The zero-order valence-corrected chi connectivity index (χ0v) is 15.9. The Bertz CT molecular complexity index is 613. The molecule has 0 spiro atoms. The highest BCUT2D eigenvalue weighted by molar-refractivity contribution is 9.10. The molecule has 4 heteroatoms. The van der Waals surface area contributed by atoms with Crippen LogP contribution in [0.15, 0.2) is 24.3 Å². The molecule has 1 aromatic rings. The molecule has 4 bridgehead atoms. The molecular weight excluding hydrogens is 366 g/mol. The van der Waals surface area contributed by atoms with Crippen molar-refractivity contribution >= 4 is 27.5 Å². The number of benzene rings is 1. The maximum absolute atomic E-state index is 12.7. The number of nitrogens with one attached hydrogen (secondary N) is 1. The van der Waals surface area contributed by atoms with Crippen molar-refractivity contribution in [1.82, 2.24) is 0 Å². The van der Waals surface area contributed by atoms with E-state index in [1.165, 1.54) is 38.5 Å². The third-order valence-electron chi connectivity index (χ3n) is 6.10. The molecular formula is C20H26BrNO2. The van der Waals surface area contributed by atoms with Gasteiger partial charge >= 0.3 is 0 Å². The summed E-state index contributed by atoms with van der Waals surface area (Å²) in [5.41, 5.74) is 1.09. The summed E-state index contributed by atoms with van der Waals surface area (Å²) in [5, 5.41) is 3.09. The number of carbonyl (C=O) groups excluding carboxylic acids is 1. The summed E-state index contributed by atoms with van der Waals surface area (Å²) in [6.07, 6.45) is 8.33. The minimum atomic E-state index is 0.164. The van der Waals surface area contributed by atoms with Gasteiger partial charge in [-0.1, -0.05) is 15.9 Å². The Labute approximate surface area is 152 Å². The zero-order chi connectivity index (χ0) is 16.8. The molecule has 5 rings (SSSR count). The Hall–Kier alpha value is -1.03. The van der Waals surface area contributed by atoms with E-state index >= 15 is 0 Å². The molecule has 2 atom stereocenters. The van der Waals surface area contributed by atoms with Crippen LogP contribution in [0.2, 0.25) is 0 Å². The van der Waals surface area contributed by atoms with Gasteiger partial charge in [-0.2, -0.15) is 0 Å². The molecule has 4 aliphatic rings. The highest BCUT2D eigenvalue weighted by atomic mass is 79.9. The van der Waals surface area contributed by atoms with Crippen LogP contribution in [0, 0.1) is 17.3 Å². The first kappa shape index (κ1) is 16.4. The third kappa shape index (κ3) is 3.22. The van der Waals surface area contributed by atoms with Gasteiger partial charge in [-0.3, -0.25) is 4.79 Å². The van der Waals surface area contributed by atoms with Crippen molar-refractivity contribution in [3.8, 4) is 5.75 Å². The zero-order valence-electron chi connectivity index (χ0n) is 14.3. The molecule has 4 fully saturated rings. The van der Waals surface area contributed by atoms with E-state index < -0.39 is 0 Å². The SMILES string of the molecule is CCOc1ccc(NC(=O)CC23C[C@@H]4C[C@H](CC(Br)(C4)C2)C3)cc1. The van der Waals surface area contributed by atoms with Gasteiger partial charge in [0, 0.05) is 16.4 Å². The van der Waals surface area contributed by atoms with Gasteiger partial charge in [0.25, 0.3) is 0 Å². The first-order chi connectivity index (χ1) is 11.5. The van der Waals surface area contributed by atoms with Crippen molar-refractivity contribution in [2.75, 3.05) is 11.9 Å². The summed E-state index contributed by atoms with van der Waals surface area (Å²) >= 11 is 4.03. The van der Waals surface area contributed by atoms with Crippen LogP contribution in [0.1, 0.15) is 51.9 Å². The molecule has 0 aromatic heterocycles. The van der Waals surface area contributed by atoms with E-state index in [2.05, 4.69) is 21.2 Å². The summed E-state index contributed by atoms with van der Waals surface area (Å²) in [4.78, 5) is 12.7. The lowest BCUT2D eigenvalue weighted by molar-refractivity contribution is -0.123. The van der Waals surface area contributed by atoms with E-state index in [-0.39, 0.29) is 11.3 Å². The molecule has 0 unspecified atom stereocenters. The fraction of sp³-hybridized carbons (Fsp3) is 0.650. The van der Waals surface area contributed by atoms with Crippen molar-refractivity contribution in [3.05, 3.63) is 24.3 Å². The lowest BCUT2D eigenvalue weighted by Gasteiger charge is -2.60. The third-order valence-corrected chi connectivity index (χ3v) is 7.02. The fourth-order valence-electron chi connectivity index (χ4n) is 5.89. The number of hydrogen-bond donors (Lipinski definition) is 1. The minimum Gasteiger partial charge on any atom is -0.494 e. The second-order valence-corrected chi connectivity index (χ2v) is 9.98. The van der Waals surface area contributed by atoms with Gasteiger partial charge in [-0.05, 0) is 87.0 Å². The van der Waals surface area contributed by atoms with Crippen LogP contribution >= 0.6 is 15.9 Å². The van der Waals surface area contributed by atoms with Crippen LogP contribution in [-0.4, -0.2) is 16.8 Å². The number of rotatable bonds is 5. The summed E-state index contributed by atoms with van der Waals surface area (Å²) in [7, 11) is 0. The number of alkyl halides is 1. The van der Waals surface area contributed by atoms with Gasteiger partial charge in [-0.15, -0.1) is 0 Å². The standard InChI is InChI=1S/C20H26BrNO2/c1-2-24-17-5-3-16(4-6-17)22-18(23)12-19-8-14-7-15(9-19)11-20(21,10-14)13-19/h3-6,14-15H,2,7-13H2,1H3,(H,22,23)/t14-,15-,19?,20?/m0/s1. The maximum Gasteiger partial charge on any atom is 0.224 e. The Morgan fingerprint density at radius 1 is 1.21 bits per heavy atom. The average Bonchev–Trinajstić information content (AvgIpc) is 2.46. The Kier molecular flexibility index (Phi) is 4.14. The highest BCUT2D eigenvalue weighted by Gasteiger charge is 2.57. The molecule has 1 amide bonds. The van der Waals surface area contributed by atoms with Crippen LogP contribution < -0.4 is 10.1 Å². The highest BCUT2D eigenvalue weighted by Crippen LogP contribution is 2.65. The molecule has 0 radical (unpaired) electrons. The van der Waals surface area contributed by atoms with Gasteiger partial charge < -0.3 is 10.1 Å². The smallest absolute Gasteiger partial charge is 0.224 e. The molecule has 4 aliphatic carbocycles. The van der Waals surface area contributed by atoms with Crippen LogP contribution in [0.3, 0.4) is 0 Å². The molecule has 4 saturated carbocycles. The number of anilines is 1. The first-order valence-electron chi connectivity index (χ1n) is 9.19. The van der Waals surface area contributed by atoms with E-state index in [9.17, 15) is 4.79 Å². The fourth-order valence-corrected chi connectivity index (χ4v) is 7.40. The van der Waals surface area contributed by atoms with E-state index in [1.54, 1.807) is 0 Å². The van der Waals surface area contributed by atoms with Crippen LogP contribution in [0.5, 0.6) is 5.75 Å². The second kappa shape index (κ2) is 6.05. The predicted octanol–water partition coefficient (Wildman–Crippen LogP) is 5.15. The normalized spacial score (nSPS) is 36.6. The van der Waals surface area contributed by atoms with Gasteiger partial charge in [0.15, 0.2) is 0 Å². The van der Waals surface area contributed by atoms with E-state index in [4.69, 9.17) is 4.74 Å². The minimum absolute atomic E-state index is 0.164. The monoisotopic (exact) mass is 391 g/mol. The maximum atomic E-state index is 12.7. The summed E-state index contributed by atoms with van der Waals surface area (Å²) in [6.45, 7) is 2.63. The molecule has 0 saturated heterocycles. The molecule has 3 nitrogen and oxygen atoms in total. The predicted molar refractivity (Wildman–Crippen MR) is 99.6 cm³/mol. The average molecular weight is 392 g/mol. The van der Waals surface area contributed by atoms with Crippen molar-refractivity contribution in [3.63, 3.8) is 0 Å². The lowest BCUT2D eigenvalue weighted by Crippen LogP contribution is -2.53. The first-order valence-corrected chi connectivity index (χ1v) is 9.99. The Morgan fingerprint density at radius 3 is 2.46 bits per heavy atom. The van der Waals surface area contributed by atoms with Gasteiger partial charge in [0.2, 0.25) is 5.91 Å². The molecule has 130 valence electrons. The second-order valence-electron chi connectivity index (χ2n) is 8.29. The van der Waals surface area contributed by atoms with Crippen LogP contribution in [0.4, 0.5) is 5.69 Å². The Morgan fingerprint density at radius 2 is 1.88 bits per heavy atom. The number of ether oxygens (including phenoxy) is 1. The van der Waals surface area contributed by atoms with Crippen molar-refractivity contribution in [2.24, 2.45) is 17.3 Å². The van der Waals surface area contributed by atoms with Gasteiger partial charge in [0.05, 0.1) is 6.61 Å². The van der Waals surface area contributed by atoms with Crippen LogP contribution in [-0.2, 0) is 4.79 Å².